The average Bonchev–Trinajstić information content (AvgIpc) is 2.94. The van der Waals surface area contributed by atoms with Crippen LogP contribution in [0.15, 0.2) is 109 Å². The maximum atomic E-state index is 11.9. The second-order valence-corrected chi connectivity index (χ2v) is 8.81. The molecule has 2 rings (SSSR count). The van der Waals surface area contributed by atoms with Crippen molar-refractivity contribution >= 4 is 0 Å². The van der Waals surface area contributed by atoms with Gasteiger partial charge in [0.05, 0.1) is 6.07 Å². The molecule has 0 aliphatic heterocycles. The zero-order valence-electron chi connectivity index (χ0n) is 24.0. The molecule has 0 aliphatic carbocycles. The van der Waals surface area contributed by atoms with Crippen LogP contribution < -0.4 is 10.6 Å². The predicted molar refractivity (Wildman–Crippen MR) is 162 cm³/mol. The van der Waals surface area contributed by atoms with E-state index >= 15 is 0 Å². The molecular weight excluding hydrogens is 471 g/mol. The minimum Gasteiger partial charge on any atom is -0.391 e. The summed E-state index contributed by atoms with van der Waals surface area (Å²) in [5.41, 5.74) is 3.21. The van der Waals surface area contributed by atoms with Gasteiger partial charge >= 0.3 is 0 Å². The van der Waals surface area contributed by atoms with E-state index < -0.39 is 0 Å². The molecule has 0 bridgehead atoms. The molecule has 0 radical (unpaired) electrons. The molecule has 0 heterocycles. The van der Waals surface area contributed by atoms with Crippen LogP contribution in [0.25, 0.3) is 0 Å². The fourth-order valence-electron chi connectivity index (χ4n) is 3.41. The summed E-state index contributed by atoms with van der Waals surface area (Å²) in [6.45, 7) is 11.4. The minimum atomic E-state index is -0.178. The first kappa shape index (κ1) is 34.5. The number of nitrogens with one attached hydrogen (secondary N) is 2. The van der Waals surface area contributed by atoms with Crippen LogP contribution in [0.4, 0.5) is 4.39 Å². The van der Waals surface area contributed by atoms with Crippen LogP contribution in [0.3, 0.4) is 0 Å². The standard InChI is InChI=1S/C25H35N3.C6H5F.C2H7N/c1-5-7-11-24(20-26)15-17-25(27-4)16-14-22(3)21-28(6-2)19-18-23-12-9-8-10-13-23;7-6-4-2-1-3-5-6;1-3-2/h5,7-13,15-16,22,27H,1,6,14,17-19,21H2,2-4H3;1-5H;3H,1-2H3/b11-7-,24-15+,25-16-;;. The van der Waals surface area contributed by atoms with Crippen molar-refractivity contribution in [3.63, 3.8) is 0 Å². The maximum absolute atomic E-state index is 11.9. The molecule has 0 spiro atoms. The lowest BCUT2D eigenvalue weighted by atomic mass is 10.0. The Balaban J connectivity index is 0.00000114. The molecular formula is C33H47FN4. The summed E-state index contributed by atoms with van der Waals surface area (Å²) in [4.78, 5) is 2.53. The van der Waals surface area contributed by atoms with E-state index in [0.29, 0.717) is 11.5 Å². The summed E-state index contributed by atoms with van der Waals surface area (Å²) < 4.78 is 11.9. The summed E-state index contributed by atoms with van der Waals surface area (Å²) in [6.07, 6.45) is 12.3. The van der Waals surface area contributed by atoms with Gasteiger partial charge in [-0.1, -0.05) is 93.3 Å². The smallest absolute Gasteiger partial charge is 0.123 e. The SMILES string of the molecule is C=C/C=C\C(C#N)=C/C/C(=C/CC(C)CN(CC)CCc1ccccc1)NC.CNC.Fc1ccccc1. The van der Waals surface area contributed by atoms with Gasteiger partial charge in [-0.15, -0.1) is 0 Å². The Bertz CT molecular complexity index is 975. The Morgan fingerprint density at radius 2 is 1.66 bits per heavy atom. The van der Waals surface area contributed by atoms with Crippen molar-refractivity contribution in [2.45, 2.75) is 33.1 Å². The molecule has 2 aromatic carbocycles. The lowest BCUT2D eigenvalue weighted by Crippen LogP contribution is -2.30. The number of allylic oxidation sites excluding steroid dienone is 6. The number of nitrogens with zero attached hydrogens (tertiary/aromatic N) is 2. The molecule has 0 aromatic heterocycles. The molecule has 2 N–H and O–H groups in total. The van der Waals surface area contributed by atoms with Crippen molar-refractivity contribution in [1.82, 2.24) is 15.5 Å². The quantitative estimate of drug-likeness (QED) is 0.223. The molecule has 38 heavy (non-hydrogen) atoms. The highest BCUT2D eigenvalue weighted by molar-refractivity contribution is 5.35. The van der Waals surface area contributed by atoms with Gasteiger partial charge in [0, 0.05) is 37.8 Å². The Kier molecular flexibility index (Phi) is 21.7. The van der Waals surface area contributed by atoms with Crippen molar-refractivity contribution < 1.29 is 4.39 Å². The fraction of sp³-hybridized carbons (Fsp3) is 0.364. The summed E-state index contributed by atoms with van der Waals surface area (Å²) >= 11 is 0. The highest BCUT2D eigenvalue weighted by Gasteiger charge is 2.08. The predicted octanol–water partition coefficient (Wildman–Crippen LogP) is 6.92. The van der Waals surface area contributed by atoms with Gasteiger partial charge in [-0.25, -0.2) is 4.39 Å². The van der Waals surface area contributed by atoms with Gasteiger partial charge in [-0.2, -0.15) is 5.26 Å². The number of rotatable bonds is 13. The first-order valence-corrected chi connectivity index (χ1v) is 13.2. The molecule has 0 saturated heterocycles. The van der Waals surface area contributed by atoms with E-state index in [0.717, 1.165) is 44.6 Å². The highest BCUT2D eigenvalue weighted by atomic mass is 19.1. The number of hydrogen-bond donors (Lipinski definition) is 2. The Morgan fingerprint density at radius 1 is 1.05 bits per heavy atom. The van der Waals surface area contributed by atoms with Gasteiger partial charge in [0.25, 0.3) is 0 Å². The summed E-state index contributed by atoms with van der Waals surface area (Å²) in [6, 6.07) is 20.8. The lowest BCUT2D eigenvalue weighted by molar-refractivity contribution is 0.252. The molecule has 1 unspecified atom stereocenters. The maximum Gasteiger partial charge on any atom is 0.123 e. The van der Waals surface area contributed by atoms with E-state index in [1.165, 1.54) is 17.7 Å². The molecule has 2 aromatic rings. The Labute approximate surface area is 231 Å². The number of hydrogen-bond acceptors (Lipinski definition) is 4. The van der Waals surface area contributed by atoms with Crippen LogP contribution in [-0.4, -0.2) is 45.7 Å². The minimum absolute atomic E-state index is 0.178. The summed E-state index contributed by atoms with van der Waals surface area (Å²) in [5.74, 6) is 0.404. The average molecular weight is 519 g/mol. The third-order valence-corrected chi connectivity index (χ3v) is 5.48. The number of nitriles is 1. The molecule has 4 nitrogen and oxygen atoms in total. The number of benzene rings is 2. The van der Waals surface area contributed by atoms with Crippen molar-refractivity contribution in [3.8, 4) is 6.07 Å². The van der Waals surface area contributed by atoms with E-state index in [9.17, 15) is 4.39 Å². The van der Waals surface area contributed by atoms with Crippen LogP contribution >= 0.6 is 0 Å². The summed E-state index contributed by atoms with van der Waals surface area (Å²) in [5, 5.41) is 15.2. The van der Waals surface area contributed by atoms with Crippen LogP contribution in [0.2, 0.25) is 0 Å². The zero-order valence-corrected chi connectivity index (χ0v) is 24.0. The van der Waals surface area contributed by atoms with E-state index in [-0.39, 0.29) is 5.82 Å². The number of likely N-dealkylation sites (N-methyl/N-ethyl adjacent to an activating group) is 1. The van der Waals surface area contributed by atoms with Gasteiger partial charge in [-0.3, -0.25) is 0 Å². The van der Waals surface area contributed by atoms with Crippen LogP contribution in [0, 0.1) is 23.1 Å². The molecule has 206 valence electrons. The third-order valence-electron chi connectivity index (χ3n) is 5.48. The molecule has 0 aliphatic rings. The zero-order chi connectivity index (χ0) is 28.4. The second-order valence-electron chi connectivity index (χ2n) is 8.81. The van der Waals surface area contributed by atoms with E-state index in [2.05, 4.69) is 78.4 Å². The molecule has 1 atom stereocenters. The largest absolute Gasteiger partial charge is 0.391 e. The van der Waals surface area contributed by atoms with E-state index in [1.54, 1.807) is 36.4 Å². The van der Waals surface area contributed by atoms with Gasteiger partial charge in [0.2, 0.25) is 0 Å². The van der Waals surface area contributed by atoms with Gasteiger partial charge in [0.1, 0.15) is 5.82 Å². The van der Waals surface area contributed by atoms with Crippen molar-refractivity contribution in [3.05, 3.63) is 120 Å². The Morgan fingerprint density at radius 3 is 2.13 bits per heavy atom. The number of halogens is 1. The van der Waals surface area contributed by atoms with E-state index in [4.69, 9.17) is 5.26 Å². The molecule has 0 fully saturated rings. The monoisotopic (exact) mass is 518 g/mol. The fourth-order valence-corrected chi connectivity index (χ4v) is 3.41. The van der Waals surface area contributed by atoms with Crippen molar-refractivity contribution in [1.29, 1.82) is 5.26 Å². The normalized spacial score (nSPS) is 12.1. The van der Waals surface area contributed by atoms with Gasteiger partial charge < -0.3 is 15.5 Å². The van der Waals surface area contributed by atoms with E-state index in [1.807, 2.05) is 27.2 Å². The lowest BCUT2D eigenvalue weighted by Gasteiger charge is -2.24. The van der Waals surface area contributed by atoms with Crippen LogP contribution in [0.1, 0.15) is 32.3 Å². The summed E-state index contributed by atoms with van der Waals surface area (Å²) in [7, 11) is 5.69. The van der Waals surface area contributed by atoms with Crippen LogP contribution in [0.5, 0.6) is 0 Å². The molecule has 0 amide bonds. The first-order valence-electron chi connectivity index (χ1n) is 13.2. The second kappa shape index (κ2) is 23.9. The van der Waals surface area contributed by atoms with Crippen LogP contribution in [-0.2, 0) is 6.42 Å². The third kappa shape index (κ3) is 18.8. The highest BCUT2D eigenvalue weighted by Crippen LogP contribution is 2.11. The topological polar surface area (TPSA) is 51.1 Å². The molecule has 5 heteroatoms. The van der Waals surface area contributed by atoms with Crippen molar-refractivity contribution in [2.24, 2.45) is 5.92 Å². The Hall–Kier alpha value is -3.46. The first-order chi connectivity index (χ1) is 18.4. The van der Waals surface area contributed by atoms with Gasteiger partial charge in [-0.05, 0) is 63.2 Å². The van der Waals surface area contributed by atoms with Gasteiger partial charge in [0.15, 0.2) is 0 Å². The van der Waals surface area contributed by atoms with Crippen molar-refractivity contribution in [2.75, 3.05) is 40.8 Å². The molecule has 0 saturated carbocycles.